The number of nitrogens with one attached hydrogen (secondary N) is 1. The predicted octanol–water partition coefficient (Wildman–Crippen LogP) is 26.0. The molecule has 0 unspecified atom stereocenters. The smallest absolute Gasteiger partial charge is 0.0547 e. The number of hydrogen-bond donors (Lipinski definition) is 1. The van der Waals surface area contributed by atoms with Crippen LogP contribution in [0.4, 0.5) is 0 Å². The predicted molar refractivity (Wildman–Crippen MR) is 425 cm³/mol. The fourth-order valence-electron chi connectivity index (χ4n) is 17.7. The largest absolute Gasteiger partial charge is 0.354 e. The molecule has 2 aliphatic rings. The summed E-state index contributed by atoms with van der Waals surface area (Å²) in [6, 6.07) is 115. The van der Waals surface area contributed by atoms with E-state index in [1.165, 1.54) is 192 Å². The van der Waals surface area contributed by atoms with Crippen LogP contribution in [0, 0.1) is 0 Å². The standard InChI is InChI=1S/C47H32N2.C29H21N.C18H12BrN/c1-47(2)40-27-39-44(28-37(40)36-23-20-30-13-7-9-17-34(30)46(36)47)49(43-24-21-29-12-6-8-16-33(29)45(39)43)32-22-25-42-38(26-32)35-18-10-11-19-41(35)48(42)31-14-4-3-5-15-31;1-29(2)24-15-23-26(30-25-14-12-17-7-3-5-9-19(17)27(23)25)16-22(24)21-13-11-18-8-4-6-10-20(18)28(21)29;19-13-10-11-18-16(12-13)15-8-4-5-9-17(15)20(18)14-6-2-1-3-7-14/h3-28H,1-2H3;3-16,30H,1-2H3;1-12H. The zero-order valence-corrected chi connectivity index (χ0v) is 56.8. The van der Waals surface area contributed by atoms with Crippen LogP contribution >= 0.6 is 15.9 Å². The summed E-state index contributed by atoms with van der Waals surface area (Å²) in [6.45, 7) is 9.57. The minimum absolute atomic E-state index is 0.0338. The Bertz CT molecular complexity index is 6790. The Balaban J connectivity index is 0.000000112. The third-order valence-corrected chi connectivity index (χ3v) is 22.5. The van der Waals surface area contributed by atoms with Crippen LogP contribution in [-0.2, 0) is 10.8 Å². The maximum atomic E-state index is 3.70. The first kappa shape index (κ1) is 57.5. The number of hydrogen-bond acceptors (Lipinski definition) is 0. The molecule has 0 saturated carbocycles. The fourth-order valence-corrected chi connectivity index (χ4v) is 18.0. The second-order valence-corrected chi connectivity index (χ2v) is 29.0. The summed E-state index contributed by atoms with van der Waals surface area (Å²) in [5, 5.41) is 20.9. The highest BCUT2D eigenvalue weighted by atomic mass is 79.9. The van der Waals surface area contributed by atoms with Crippen LogP contribution in [0.2, 0.25) is 0 Å². The maximum absolute atomic E-state index is 3.70. The van der Waals surface area contributed by atoms with Crippen LogP contribution < -0.4 is 0 Å². The monoisotopic (exact) mass is 1330 g/mol. The lowest BCUT2D eigenvalue weighted by Crippen LogP contribution is -2.15. The molecule has 4 heterocycles. The van der Waals surface area contributed by atoms with Crippen LogP contribution in [0.1, 0.15) is 49.9 Å². The van der Waals surface area contributed by atoms with E-state index in [1.54, 1.807) is 0 Å². The van der Waals surface area contributed by atoms with Gasteiger partial charge in [-0.1, -0.05) is 250 Å². The molecular weight excluding hydrogens is 1260 g/mol. The number of aromatic amines is 1. The molecule has 22 rings (SSSR count). The van der Waals surface area contributed by atoms with Gasteiger partial charge >= 0.3 is 0 Å². The number of fused-ring (bicyclic) bond motifs is 26. The Morgan fingerprint density at radius 1 is 0.253 bits per heavy atom. The van der Waals surface area contributed by atoms with E-state index in [4.69, 9.17) is 0 Å². The first-order valence-corrected chi connectivity index (χ1v) is 35.2. The summed E-state index contributed by atoms with van der Waals surface area (Å²) >= 11 is 3.57. The second-order valence-electron chi connectivity index (χ2n) is 28.1. The Morgan fingerprint density at radius 2 is 0.667 bits per heavy atom. The van der Waals surface area contributed by atoms with E-state index < -0.39 is 0 Å². The highest BCUT2D eigenvalue weighted by Gasteiger charge is 2.39. The number of rotatable bonds is 3. The number of H-pyrrole nitrogens is 1. The van der Waals surface area contributed by atoms with Crippen molar-refractivity contribution in [2.24, 2.45) is 0 Å². The summed E-state index contributed by atoms with van der Waals surface area (Å²) in [6.07, 6.45) is 0. The van der Waals surface area contributed by atoms with E-state index in [1.807, 2.05) is 6.07 Å². The molecule has 20 aromatic rings. The van der Waals surface area contributed by atoms with Crippen molar-refractivity contribution in [2.75, 3.05) is 0 Å². The second kappa shape index (κ2) is 21.6. The van der Waals surface area contributed by atoms with Gasteiger partial charge in [0.1, 0.15) is 0 Å². The molecule has 0 fully saturated rings. The van der Waals surface area contributed by atoms with Crippen LogP contribution in [0.3, 0.4) is 0 Å². The third-order valence-electron chi connectivity index (χ3n) is 22.0. The molecular formula is C94H65BrN4. The van der Waals surface area contributed by atoms with E-state index in [9.17, 15) is 0 Å². The SMILES string of the molecule is Brc1ccc2c(c1)c1ccccc1n2-c1ccccc1.CC1(C)c2cc3c(cc2-c2ccc4ccccc4c21)[nH]c1ccc2ccccc2c13.CC1(C)c2cc3c4c5ccccc5ccc4n(-c4ccc5c(c4)c4ccccc4n5-c4ccccc4)c3cc2-c2ccc3ccccc3c21. The van der Waals surface area contributed by atoms with Gasteiger partial charge in [0.2, 0.25) is 0 Å². The molecule has 0 aliphatic heterocycles. The quantitative estimate of drug-likeness (QED) is 0.183. The van der Waals surface area contributed by atoms with Gasteiger partial charge in [0.05, 0.1) is 33.1 Å². The lowest BCUT2D eigenvalue weighted by atomic mass is 9.80. The zero-order chi connectivity index (χ0) is 66.0. The molecule has 16 aromatic carbocycles. The fraction of sp³-hybridized carbons (Fsp3) is 0.0638. The van der Waals surface area contributed by atoms with E-state index in [0.717, 1.165) is 4.47 Å². The number of nitrogens with zero attached hydrogens (tertiary/aromatic N) is 3. The van der Waals surface area contributed by atoms with Crippen molar-refractivity contribution >= 4 is 146 Å². The van der Waals surface area contributed by atoms with Gasteiger partial charge in [-0.15, -0.1) is 0 Å². The zero-order valence-electron chi connectivity index (χ0n) is 55.2. The number of halogens is 1. The van der Waals surface area contributed by atoms with Crippen LogP contribution in [0.15, 0.2) is 320 Å². The number of aromatic nitrogens is 4. The first-order chi connectivity index (χ1) is 48.5. The van der Waals surface area contributed by atoms with Crippen molar-refractivity contribution in [1.29, 1.82) is 0 Å². The van der Waals surface area contributed by atoms with Gasteiger partial charge in [0, 0.05) is 86.5 Å². The highest BCUT2D eigenvalue weighted by Crippen LogP contribution is 2.56. The summed E-state index contributed by atoms with van der Waals surface area (Å²) in [5.41, 5.74) is 24.4. The van der Waals surface area contributed by atoms with Gasteiger partial charge in [-0.25, -0.2) is 0 Å². The molecule has 468 valence electrons. The third kappa shape index (κ3) is 8.51. The average Bonchev–Trinajstić information content (AvgIpc) is 1.53. The molecule has 4 nitrogen and oxygen atoms in total. The normalized spacial score (nSPS) is 13.5. The Kier molecular flexibility index (Phi) is 12.6. The molecule has 4 aromatic heterocycles. The summed E-state index contributed by atoms with van der Waals surface area (Å²) in [5.74, 6) is 0. The Hall–Kier alpha value is -11.8. The lowest BCUT2D eigenvalue weighted by Gasteiger charge is -2.23. The molecule has 1 N–H and O–H groups in total. The molecule has 99 heavy (non-hydrogen) atoms. The van der Waals surface area contributed by atoms with Crippen molar-refractivity contribution < 1.29 is 0 Å². The molecule has 2 aliphatic carbocycles. The molecule has 0 spiro atoms. The van der Waals surface area contributed by atoms with Crippen LogP contribution in [-0.4, -0.2) is 18.7 Å². The van der Waals surface area contributed by atoms with Gasteiger partial charge < -0.3 is 18.7 Å². The van der Waals surface area contributed by atoms with Gasteiger partial charge in [0.25, 0.3) is 0 Å². The minimum Gasteiger partial charge on any atom is -0.354 e. The number of para-hydroxylation sites is 4. The summed E-state index contributed by atoms with van der Waals surface area (Å²) < 4.78 is 8.33. The Labute approximate surface area is 581 Å². The highest BCUT2D eigenvalue weighted by molar-refractivity contribution is 9.10. The van der Waals surface area contributed by atoms with Gasteiger partial charge in [-0.2, -0.15) is 0 Å². The van der Waals surface area contributed by atoms with Crippen molar-refractivity contribution in [1.82, 2.24) is 18.7 Å². The topological polar surface area (TPSA) is 30.6 Å². The summed E-state index contributed by atoms with van der Waals surface area (Å²) in [7, 11) is 0. The summed E-state index contributed by atoms with van der Waals surface area (Å²) in [4.78, 5) is 3.70. The molecule has 0 radical (unpaired) electrons. The molecule has 5 heteroatoms. The van der Waals surface area contributed by atoms with E-state index in [-0.39, 0.29) is 10.8 Å². The van der Waals surface area contributed by atoms with Crippen molar-refractivity contribution in [3.8, 4) is 39.3 Å². The van der Waals surface area contributed by atoms with Crippen molar-refractivity contribution in [2.45, 2.75) is 38.5 Å². The van der Waals surface area contributed by atoms with Gasteiger partial charge in [-0.05, 0) is 197 Å². The van der Waals surface area contributed by atoms with Gasteiger partial charge in [0.15, 0.2) is 0 Å². The van der Waals surface area contributed by atoms with E-state index >= 15 is 0 Å². The maximum Gasteiger partial charge on any atom is 0.0547 e. The first-order valence-electron chi connectivity index (χ1n) is 34.4. The van der Waals surface area contributed by atoms with Gasteiger partial charge in [-0.3, -0.25) is 0 Å². The minimum atomic E-state index is -0.128. The van der Waals surface area contributed by atoms with E-state index in [2.05, 4.69) is 372 Å². The van der Waals surface area contributed by atoms with Crippen molar-refractivity contribution in [3.05, 3.63) is 342 Å². The Morgan fingerprint density at radius 3 is 1.24 bits per heavy atom. The van der Waals surface area contributed by atoms with Crippen LogP contribution in [0.5, 0.6) is 0 Å². The molecule has 0 saturated heterocycles. The van der Waals surface area contributed by atoms with Crippen LogP contribution in [0.25, 0.3) is 170 Å². The van der Waals surface area contributed by atoms with E-state index in [0.29, 0.717) is 0 Å². The molecule has 0 bridgehead atoms. The molecule has 0 amide bonds. The number of benzene rings is 16. The lowest BCUT2D eigenvalue weighted by molar-refractivity contribution is 0.667. The van der Waals surface area contributed by atoms with Crippen molar-refractivity contribution in [3.63, 3.8) is 0 Å². The molecule has 0 atom stereocenters. The average molecular weight is 1330 g/mol.